The van der Waals surface area contributed by atoms with Crippen LogP contribution in [-0.4, -0.2) is 17.6 Å². The van der Waals surface area contributed by atoms with Crippen molar-refractivity contribution in [2.24, 2.45) is 11.7 Å². The van der Waals surface area contributed by atoms with Crippen LogP contribution in [0.5, 0.6) is 0 Å². The predicted molar refractivity (Wildman–Crippen MR) is 74.7 cm³/mol. The van der Waals surface area contributed by atoms with Gasteiger partial charge in [-0.2, -0.15) is 0 Å². The first-order valence-corrected chi connectivity index (χ1v) is 6.58. The lowest BCUT2D eigenvalue weighted by molar-refractivity contribution is -0.141. The molecule has 0 radical (unpaired) electrons. The van der Waals surface area contributed by atoms with Crippen molar-refractivity contribution in [2.45, 2.75) is 19.3 Å². The van der Waals surface area contributed by atoms with Gasteiger partial charge in [-0.1, -0.05) is 41.7 Å². The van der Waals surface area contributed by atoms with Gasteiger partial charge in [-0.15, -0.1) is 0 Å². The Morgan fingerprint density at radius 3 is 2.39 bits per heavy atom. The maximum atomic E-state index is 11.0. The summed E-state index contributed by atoms with van der Waals surface area (Å²) in [5.74, 6) is -1.67. The van der Waals surface area contributed by atoms with Gasteiger partial charge in [-0.3, -0.25) is 4.79 Å². The van der Waals surface area contributed by atoms with E-state index in [0.717, 1.165) is 0 Å². The summed E-state index contributed by atoms with van der Waals surface area (Å²) in [6.07, 6.45) is 0.367. The summed E-state index contributed by atoms with van der Waals surface area (Å²) >= 11 is 18.1. The molecule has 0 heterocycles. The van der Waals surface area contributed by atoms with Crippen LogP contribution in [0.2, 0.25) is 15.1 Å². The molecule has 0 aliphatic carbocycles. The predicted octanol–water partition coefficient (Wildman–Crippen LogP) is 3.80. The molecule has 0 aromatic heterocycles. The molecule has 1 aromatic rings. The van der Waals surface area contributed by atoms with Gasteiger partial charge in [0.05, 0.1) is 16.0 Å². The molecule has 1 aromatic carbocycles. The van der Waals surface area contributed by atoms with Crippen molar-refractivity contribution in [3.8, 4) is 0 Å². The van der Waals surface area contributed by atoms with Gasteiger partial charge in [0.2, 0.25) is 0 Å². The summed E-state index contributed by atoms with van der Waals surface area (Å²) in [5, 5.41) is 10.3. The number of benzene rings is 1. The summed E-state index contributed by atoms with van der Waals surface area (Å²) in [4.78, 5) is 11.0. The molecule has 1 rings (SSSR count). The van der Waals surface area contributed by atoms with Crippen LogP contribution >= 0.6 is 34.8 Å². The average Bonchev–Trinajstić information content (AvgIpc) is 2.31. The van der Waals surface area contributed by atoms with Gasteiger partial charge in [0.25, 0.3) is 0 Å². The number of aliphatic carboxylic acids is 1. The van der Waals surface area contributed by atoms with Crippen LogP contribution in [0.25, 0.3) is 0 Å². The molecule has 0 fully saturated rings. The second-order valence-electron chi connectivity index (χ2n) is 4.16. The standard InChI is InChI=1S/C12H14Cl3NO2/c1-6(4-7(5-16)12(17)18)10-8(13)2-3-9(14)11(10)15/h2-3,6-7H,4-5,16H2,1H3,(H,17,18). The van der Waals surface area contributed by atoms with Crippen molar-refractivity contribution in [3.63, 3.8) is 0 Å². The van der Waals surface area contributed by atoms with Crippen LogP contribution in [0.3, 0.4) is 0 Å². The Morgan fingerprint density at radius 2 is 1.89 bits per heavy atom. The van der Waals surface area contributed by atoms with E-state index in [2.05, 4.69) is 0 Å². The molecule has 0 spiro atoms. The van der Waals surface area contributed by atoms with E-state index in [9.17, 15) is 4.79 Å². The monoisotopic (exact) mass is 309 g/mol. The molecular formula is C12H14Cl3NO2. The molecule has 0 saturated heterocycles. The van der Waals surface area contributed by atoms with E-state index in [1.165, 1.54) is 0 Å². The van der Waals surface area contributed by atoms with E-state index in [0.29, 0.717) is 27.1 Å². The number of carbonyl (C=O) groups is 1. The average molecular weight is 311 g/mol. The van der Waals surface area contributed by atoms with Gasteiger partial charge in [0.1, 0.15) is 0 Å². The highest BCUT2D eigenvalue weighted by Crippen LogP contribution is 2.38. The lowest BCUT2D eigenvalue weighted by Crippen LogP contribution is -2.24. The van der Waals surface area contributed by atoms with E-state index < -0.39 is 11.9 Å². The lowest BCUT2D eigenvalue weighted by atomic mass is 9.90. The van der Waals surface area contributed by atoms with Crippen molar-refractivity contribution >= 4 is 40.8 Å². The van der Waals surface area contributed by atoms with Gasteiger partial charge in [-0.05, 0) is 30.0 Å². The van der Waals surface area contributed by atoms with Crippen molar-refractivity contribution in [3.05, 3.63) is 32.8 Å². The van der Waals surface area contributed by atoms with Gasteiger partial charge in [0, 0.05) is 11.6 Å². The zero-order valence-electron chi connectivity index (χ0n) is 9.79. The summed E-state index contributed by atoms with van der Waals surface area (Å²) in [5.41, 5.74) is 6.11. The Morgan fingerprint density at radius 1 is 1.33 bits per heavy atom. The number of nitrogens with two attached hydrogens (primary N) is 1. The maximum absolute atomic E-state index is 11.0. The van der Waals surface area contributed by atoms with E-state index in [1.54, 1.807) is 12.1 Å². The number of carboxylic acid groups (broad SMARTS) is 1. The van der Waals surface area contributed by atoms with Crippen LogP contribution in [-0.2, 0) is 4.79 Å². The minimum Gasteiger partial charge on any atom is -0.481 e. The van der Waals surface area contributed by atoms with Crippen LogP contribution < -0.4 is 5.73 Å². The Bertz CT molecular complexity index is 451. The van der Waals surface area contributed by atoms with Crippen molar-refractivity contribution in [1.29, 1.82) is 0 Å². The fourth-order valence-electron chi connectivity index (χ4n) is 1.84. The second kappa shape index (κ2) is 6.62. The number of hydrogen-bond acceptors (Lipinski definition) is 2. The van der Waals surface area contributed by atoms with E-state index in [4.69, 9.17) is 45.6 Å². The van der Waals surface area contributed by atoms with Gasteiger partial charge < -0.3 is 10.8 Å². The second-order valence-corrected chi connectivity index (χ2v) is 5.36. The first kappa shape index (κ1) is 15.6. The third-order valence-electron chi connectivity index (χ3n) is 2.84. The smallest absolute Gasteiger partial charge is 0.307 e. The van der Waals surface area contributed by atoms with Crippen LogP contribution in [0.15, 0.2) is 12.1 Å². The lowest BCUT2D eigenvalue weighted by Gasteiger charge is -2.19. The highest BCUT2D eigenvalue weighted by atomic mass is 35.5. The molecule has 0 aliphatic rings. The minimum absolute atomic E-state index is 0.0788. The fourth-order valence-corrected chi connectivity index (χ4v) is 2.74. The Labute approximate surface area is 121 Å². The molecule has 2 atom stereocenters. The molecule has 3 nitrogen and oxygen atoms in total. The maximum Gasteiger partial charge on any atom is 0.307 e. The SMILES string of the molecule is CC(CC(CN)C(=O)O)c1c(Cl)ccc(Cl)c1Cl. The molecule has 18 heavy (non-hydrogen) atoms. The van der Waals surface area contributed by atoms with Gasteiger partial charge in [0.15, 0.2) is 0 Å². The van der Waals surface area contributed by atoms with Crippen molar-refractivity contribution < 1.29 is 9.90 Å². The molecule has 0 saturated carbocycles. The van der Waals surface area contributed by atoms with Crippen molar-refractivity contribution in [2.75, 3.05) is 6.54 Å². The quantitative estimate of drug-likeness (QED) is 0.813. The third-order valence-corrected chi connectivity index (χ3v) is 3.99. The third kappa shape index (κ3) is 3.51. The Hall–Kier alpha value is -0.480. The number of carboxylic acids is 1. The first-order valence-electron chi connectivity index (χ1n) is 5.44. The summed E-state index contributed by atoms with van der Waals surface area (Å²) in [6, 6.07) is 3.26. The zero-order valence-corrected chi connectivity index (χ0v) is 12.1. The summed E-state index contributed by atoms with van der Waals surface area (Å²) in [7, 11) is 0. The van der Waals surface area contributed by atoms with E-state index in [-0.39, 0.29) is 12.5 Å². The molecule has 0 bridgehead atoms. The summed E-state index contributed by atoms with van der Waals surface area (Å²) < 4.78 is 0. The molecule has 2 unspecified atom stereocenters. The largest absolute Gasteiger partial charge is 0.481 e. The van der Waals surface area contributed by atoms with Crippen LogP contribution in [0.4, 0.5) is 0 Å². The van der Waals surface area contributed by atoms with Crippen LogP contribution in [0, 0.1) is 5.92 Å². The zero-order chi connectivity index (χ0) is 13.9. The highest BCUT2D eigenvalue weighted by molar-refractivity contribution is 6.44. The minimum atomic E-state index is -0.918. The van der Waals surface area contributed by atoms with E-state index in [1.807, 2.05) is 6.92 Å². The Balaban J connectivity index is 3.00. The van der Waals surface area contributed by atoms with Crippen molar-refractivity contribution in [1.82, 2.24) is 0 Å². The summed E-state index contributed by atoms with van der Waals surface area (Å²) in [6.45, 7) is 1.94. The molecule has 0 aliphatic heterocycles. The fraction of sp³-hybridized carbons (Fsp3) is 0.417. The number of rotatable bonds is 5. The van der Waals surface area contributed by atoms with Crippen LogP contribution in [0.1, 0.15) is 24.8 Å². The topological polar surface area (TPSA) is 63.3 Å². The molecule has 0 amide bonds. The highest BCUT2D eigenvalue weighted by Gasteiger charge is 2.23. The molecule has 6 heteroatoms. The van der Waals surface area contributed by atoms with Gasteiger partial charge in [-0.25, -0.2) is 0 Å². The van der Waals surface area contributed by atoms with E-state index >= 15 is 0 Å². The molecule has 100 valence electrons. The number of hydrogen-bond donors (Lipinski definition) is 2. The normalized spacial score (nSPS) is 14.3. The number of halogens is 3. The van der Waals surface area contributed by atoms with Gasteiger partial charge >= 0.3 is 5.97 Å². The first-order chi connectivity index (χ1) is 8.38. The molecular weight excluding hydrogens is 296 g/mol. The molecule has 3 N–H and O–H groups in total. The Kier molecular flexibility index (Phi) is 5.73.